The fraction of sp³-hybridized carbons (Fsp3) is 0. The Bertz CT molecular complexity index is 841. The zero-order chi connectivity index (χ0) is 16.7. The Hall–Kier alpha value is -2.96. The number of hydrogen-bond acceptors (Lipinski definition) is 3. The minimum Gasteiger partial charge on any atom is -0.508 e. The van der Waals surface area contributed by atoms with Crippen molar-refractivity contribution in [3.05, 3.63) is 83.4 Å². The summed E-state index contributed by atoms with van der Waals surface area (Å²) in [6, 6.07) is 22.8. The molecule has 0 spiro atoms. The summed E-state index contributed by atoms with van der Waals surface area (Å²) in [6.07, 6.45) is 0. The SMILES string of the molecule is N#Cc1ccccc1Cl.Oc1cccc(-c2ccccc2O)c1. The molecule has 114 valence electrons. The molecule has 0 radical (unpaired) electrons. The topological polar surface area (TPSA) is 64.2 Å². The smallest absolute Gasteiger partial charge is 0.123 e. The van der Waals surface area contributed by atoms with Crippen LogP contribution in [0.5, 0.6) is 11.5 Å². The largest absolute Gasteiger partial charge is 0.508 e. The van der Waals surface area contributed by atoms with Crippen molar-refractivity contribution in [1.82, 2.24) is 0 Å². The number of para-hydroxylation sites is 1. The van der Waals surface area contributed by atoms with Gasteiger partial charge in [0.15, 0.2) is 0 Å². The van der Waals surface area contributed by atoms with Crippen LogP contribution in [0.15, 0.2) is 72.8 Å². The minimum atomic E-state index is 0.200. The molecule has 3 aromatic rings. The third-order valence-electron chi connectivity index (χ3n) is 3.06. The summed E-state index contributed by atoms with van der Waals surface area (Å²) in [4.78, 5) is 0. The maximum Gasteiger partial charge on any atom is 0.123 e. The van der Waals surface area contributed by atoms with E-state index < -0.39 is 0 Å². The van der Waals surface area contributed by atoms with E-state index in [2.05, 4.69) is 0 Å². The molecule has 0 atom stereocenters. The average molecular weight is 324 g/mol. The standard InChI is InChI=1S/C12H10O2.C7H4ClN/c13-10-5-3-4-9(8-10)11-6-1-2-7-12(11)14;8-7-4-2-1-3-6(7)5-9/h1-8,13-14H;1-4H. The summed E-state index contributed by atoms with van der Waals surface area (Å²) < 4.78 is 0. The molecule has 2 N–H and O–H groups in total. The zero-order valence-corrected chi connectivity index (χ0v) is 12.9. The van der Waals surface area contributed by atoms with E-state index in [4.69, 9.17) is 16.9 Å². The lowest BCUT2D eigenvalue weighted by molar-refractivity contribution is 0.474. The summed E-state index contributed by atoms with van der Waals surface area (Å²) in [5.74, 6) is 0.420. The molecule has 0 bridgehead atoms. The molecule has 0 aliphatic heterocycles. The molecular weight excluding hydrogens is 310 g/mol. The highest BCUT2D eigenvalue weighted by atomic mass is 35.5. The predicted molar refractivity (Wildman–Crippen MR) is 91.4 cm³/mol. The molecule has 0 amide bonds. The quantitative estimate of drug-likeness (QED) is 0.664. The highest BCUT2D eigenvalue weighted by molar-refractivity contribution is 6.31. The maximum atomic E-state index is 9.57. The van der Waals surface area contributed by atoms with Crippen molar-refractivity contribution in [2.75, 3.05) is 0 Å². The van der Waals surface area contributed by atoms with Crippen LogP contribution >= 0.6 is 11.6 Å². The van der Waals surface area contributed by atoms with Gasteiger partial charge in [-0.3, -0.25) is 0 Å². The molecule has 0 saturated heterocycles. The number of phenols is 2. The van der Waals surface area contributed by atoms with Crippen molar-refractivity contribution >= 4 is 11.6 Å². The van der Waals surface area contributed by atoms with Crippen LogP contribution in [0.1, 0.15) is 5.56 Å². The van der Waals surface area contributed by atoms with Crippen LogP contribution in [-0.2, 0) is 0 Å². The van der Waals surface area contributed by atoms with Gasteiger partial charge in [0.05, 0.1) is 10.6 Å². The average Bonchev–Trinajstić information content (AvgIpc) is 2.56. The van der Waals surface area contributed by atoms with Crippen LogP contribution in [0, 0.1) is 11.3 Å². The summed E-state index contributed by atoms with van der Waals surface area (Å²) in [7, 11) is 0. The number of halogens is 1. The van der Waals surface area contributed by atoms with E-state index in [1.807, 2.05) is 24.3 Å². The van der Waals surface area contributed by atoms with Gasteiger partial charge < -0.3 is 10.2 Å². The van der Waals surface area contributed by atoms with Crippen LogP contribution in [0.2, 0.25) is 5.02 Å². The monoisotopic (exact) mass is 323 g/mol. The molecule has 0 aliphatic carbocycles. The molecule has 3 nitrogen and oxygen atoms in total. The molecule has 23 heavy (non-hydrogen) atoms. The van der Waals surface area contributed by atoms with Gasteiger partial charge in [-0.05, 0) is 35.9 Å². The first kappa shape index (κ1) is 16.4. The lowest BCUT2D eigenvalue weighted by Gasteiger charge is -2.04. The van der Waals surface area contributed by atoms with Gasteiger partial charge in [-0.25, -0.2) is 0 Å². The lowest BCUT2D eigenvalue weighted by Crippen LogP contribution is -1.77. The van der Waals surface area contributed by atoms with E-state index in [0.717, 1.165) is 11.1 Å². The highest BCUT2D eigenvalue weighted by Gasteiger charge is 2.02. The van der Waals surface area contributed by atoms with Crippen molar-refractivity contribution in [1.29, 1.82) is 5.26 Å². The molecule has 4 heteroatoms. The lowest BCUT2D eigenvalue weighted by atomic mass is 10.0. The summed E-state index contributed by atoms with van der Waals surface area (Å²) in [5, 5.41) is 27.8. The number of nitrogens with zero attached hydrogens (tertiary/aromatic N) is 1. The fourth-order valence-corrected chi connectivity index (χ4v) is 2.12. The first-order chi connectivity index (χ1) is 11.1. The fourth-order valence-electron chi connectivity index (χ4n) is 1.94. The van der Waals surface area contributed by atoms with Crippen LogP contribution in [-0.4, -0.2) is 10.2 Å². The van der Waals surface area contributed by atoms with Gasteiger partial charge in [-0.2, -0.15) is 5.26 Å². The molecule has 0 heterocycles. The minimum absolute atomic E-state index is 0.200. The van der Waals surface area contributed by atoms with E-state index in [0.29, 0.717) is 10.6 Å². The molecule has 0 unspecified atom stereocenters. The van der Waals surface area contributed by atoms with E-state index in [9.17, 15) is 10.2 Å². The summed E-state index contributed by atoms with van der Waals surface area (Å²) in [5.41, 5.74) is 2.06. The Balaban J connectivity index is 0.000000185. The Labute approximate surface area is 139 Å². The Morgan fingerprint density at radius 1 is 0.826 bits per heavy atom. The molecule has 0 aromatic heterocycles. The Morgan fingerprint density at radius 2 is 1.52 bits per heavy atom. The van der Waals surface area contributed by atoms with Gasteiger partial charge in [-0.1, -0.05) is 54.1 Å². The van der Waals surface area contributed by atoms with Gasteiger partial charge in [0.1, 0.15) is 17.6 Å². The first-order valence-electron chi connectivity index (χ1n) is 6.84. The van der Waals surface area contributed by atoms with Gasteiger partial charge in [0.25, 0.3) is 0 Å². The van der Waals surface area contributed by atoms with Crippen LogP contribution in [0.25, 0.3) is 11.1 Å². The third kappa shape index (κ3) is 4.50. The van der Waals surface area contributed by atoms with E-state index in [1.54, 1.807) is 54.6 Å². The van der Waals surface area contributed by atoms with Gasteiger partial charge in [-0.15, -0.1) is 0 Å². The van der Waals surface area contributed by atoms with Crippen molar-refractivity contribution in [3.8, 4) is 28.7 Å². The number of rotatable bonds is 1. The summed E-state index contributed by atoms with van der Waals surface area (Å²) in [6.45, 7) is 0. The number of aromatic hydroxyl groups is 2. The second kappa shape index (κ2) is 7.88. The molecule has 3 aromatic carbocycles. The number of phenolic OH excluding ortho intramolecular Hbond substituents is 2. The van der Waals surface area contributed by atoms with Crippen molar-refractivity contribution in [2.45, 2.75) is 0 Å². The van der Waals surface area contributed by atoms with E-state index in [1.165, 1.54) is 0 Å². The van der Waals surface area contributed by atoms with Crippen LogP contribution in [0.3, 0.4) is 0 Å². The number of hydrogen-bond donors (Lipinski definition) is 2. The second-order valence-electron chi connectivity index (χ2n) is 4.66. The molecule has 3 rings (SSSR count). The third-order valence-corrected chi connectivity index (χ3v) is 3.39. The zero-order valence-electron chi connectivity index (χ0n) is 12.1. The highest BCUT2D eigenvalue weighted by Crippen LogP contribution is 2.30. The maximum absolute atomic E-state index is 9.57. The number of nitriles is 1. The van der Waals surface area contributed by atoms with E-state index in [-0.39, 0.29) is 11.5 Å². The van der Waals surface area contributed by atoms with Crippen molar-refractivity contribution < 1.29 is 10.2 Å². The predicted octanol–water partition coefficient (Wildman–Crippen LogP) is 4.98. The van der Waals surface area contributed by atoms with E-state index >= 15 is 0 Å². The molecule has 0 fully saturated rings. The first-order valence-corrected chi connectivity index (χ1v) is 7.21. The number of benzene rings is 3. The second-order valence-corrected chi connectivity index (χ2v) is 5.07. The Morgan fingerprint density at radius 3 is 2.13 bits per heavy atom. The van der Waals surface area contributed by atoms with Crippen LogP contribution < -0.4 is 0 Å². The van der Waals surface area contributed by atoms with Crippen molar-refractivity contribution in [3.63, 3.8) is 0 Å². The molecular formula is C19H14ClNO2. The molecule has 0 saturated carbocycles. The van der Waals surface area contributed by atoms with Gasteiger partial charge >= 0.3 is 0 Å². The molecule has 0 aliphatic rings. The van der Waals surface area contributed by atoms with Gasteiger partial charge in [0.2, 0.25) is 0 Å². The Kier molecular flexibility index (Phi) is 5.62. The van der Waals surface area contributed by atoms with Crippen LogP contribution in [0.4, 0.5) is 0 Å². The van der Waals surface area contributed by atoms with Gasteiger partial charge in [0, 0.05) is 5.56 Å². The summed E-state index contributed by atoms with van der Waals surface area (Å²) >= 11 is 5.60. The van der Waals surface area contributed by atoms with Crippen molar-refractivity contribution in [2.24, 2.45) is 0 Å². The normalized spacial score (nSPS) is 9.39.